The fourth-order valence-corrected chi connectivity index (χ4v) is 4.42. The summed E-state index contributed by atoms with van der Waals surface area (Å²) in [5.74, 6) is -0.814. The highest BCUT2D eigenvalue weighted by atomic mass is 19.4. The lowest BCUT2D eigenvalue weighted by atomic mass is 10.1. The highest BCUT2D eigenvalue weighted by Crippen LogP contribution is 2.34. The Bertz CT molecular complexity index is 1480. The van der Waals surface area contributed by atoms with Crippen molar-refractivity contribution in [2.45, 2.75) is 20.0 Å². The van der Waals surface area contributed by atoms with Gasteiger partial charge >= 0.3 is 6.18 Å². The smallest absolute Gasteiger partial charge is 0.318 e. The summed E-state index contributed by atoms with van der Waals surface area (Å²) in [6.45, 7) is 3.70. The van der Waals surface area contributed by atoms with Crippen molar-refractivity contribution in [1.82, 2.24) is 4.57 Å². The molecule has 7 heteroatoms. The van der Waals surface area contributed by atoms with E-state index in [2.05, 4.69) is 5.10 Å². The molecule has 1 aliphatic heterocycles. The molecule has 0 atom stereocenters. The van der Waals surface area contributed by atoms with Gasteiger partial charge in [-0.2, -0.15) is 23.3 Å². The minimum Gasteiger partial charge on any atom is -0.318 e. The van der Waals surface area contributed by atoms with Crippen LogP contribution in [0.4, 0.5) is 18.9 Å². The maximum atomic E-state index is 13.8. The third-order valence-electron chi connectivity index (χ3n) is 6.15. The van der Waals surface area contributed by atoms with Gasteiger partial charge in [0.05, 0.1) is 11.3 Å². The number of amides is 1. The first-order chi connectivity index (χ1) is 17.2. The maximum Gasteiger partial charge on any atom is 0.435 e. The van der Waals surface area contributed by atoms with Crippen LogP contribution in [0.25, 0.3) is 22.9 Å². The Morgan fingerprint density at radius 3 is 1.97 bits per heavy atom. The van der Waals surface area contributed by atoms with Crippen molar-refractivity contribution in [3.63, 3.8) is 0 Å². The number of halogens is 3. The summed E-state index contributed by atoms with van der Waals surface area (Å²) in [7, 11) is 0. The van der Waals surface area contributed by atoms with E-state index in [4.69, 9.17) is 0 Å². The Labute approximate surface area is 206 Å². The topological polar surface area (TPSA) is 37.6 Å². The molecule has 2 heterocycles. The maximum absolute atomic E-state index is 13.8. The van der Waals surface area contributed by atoms with Gasteiger partial charge in [-0.15, -0.1) is 0 Å². The van der Waals surface area contributed by atoms with Crippen LogP contribution in [0, 0.1) is 13.8 Å². The second kappa shape index (κ2) is 9.00. The first-order valence-electron chi connectivity index (χ1n) is 11.4. The second-order valence-electron chi connectivity index (χ2n) is 8.53. The largest absolute Gasteiger partial charge is 0.435 e. The first-order valence-corrected chi connectivity index (χ1v) is 11.4. The van der Waals surface area contributed by atoms with Gasteiger partial charge in [0.15, 0.2) is 5.71 Å². The number of nitrogens with zero attached hydrogens (tertiary/aromatic N) is 3. The SMILES string of the molecule is Cc1cc(/C=C2\C(=O)N(c3ccccc3)N=C2C(F)(F)F)c(C)n1-c1ccc(-c2ccccc2)cc1. The fraction of sp³-hybridized carbons (Fsp3) is 0.103. The van der Waals surface area contributed by atoms with Crippen LogP contribution in [0.5, 0.6) is 0 Å². The van der Waals surface area contributed by atoms with E-state index < -0.39 is 23.4 Å². The van der Waals surface area contributed by atoms with Gasteiger partial charge in [0.2, 0.25) is 0 Å². The molecule has 180 valence electrons. The van der Waals surface area contributed by atoms with Crippen molar-refractivity contribution in [3.8, 4) is 16.8 Å². The number of alkyl halides is 3. The molecule has 1 aromatic heterocycles. The molecule has 0 unspecified atom stereocenters. The molecule has 0 spiro atoms. The van der Waals surface area contributed by atoms with Gasteiger partial charge < -0.3 is 4.57 Å². The zero-order chi connectivity index (χ0) is 25.4. The van der Waals surface area contributed by atoms with Crippen molar-refractivity contribution >= 4 is 23.4 Å². The normalized spacial score (nSPS) is 15.0. The average Bonchev–Trinajstić information content (AvgIpc) is 3.36. The van der Waals surface area contributed by atoms with Crippen LogP contribution in [0.2, 0.25) is 0 Å². The van der Waals surface area contributed by atoms with Crippen molar-refractivity contribution in [2.75, 3.05) is 5.01 Å². The molecule has 0 N–H and O–H groups in total. The van der Waals surface area contributed by atoms with Crippen LogP contribution in [-0.2, 0) is 4.79 Å². The highest BCUT2D eigenvalue weighted by Gasteiger charge is 2.46. The molecular formula is C29H22F3N3O. The number of rotatable bonds is 4. The molecule has 0 aliphatic carbocycles. The van der Waals surface area contributed by atoms with E-state index in [1.807, 2.05) is 73.0 Å². The Kier molecular flexibility index (Phi) is 5.84. The highest BCUT2D eigenvalue weighted by molar-refractivity contribution is 6.34. The summed E-state index contributed by atoms with van der Waals surface area (Å²) >= 11 is 0. The minimum atomic E-state index is -4.77. The fourth-order valence-electron chi connectivity index (χ4n) is 4.42. The molecule has 0 radical (unpaired) electrons. The molecule has 5 rings (SSSR count). The molecule has 1 aliphatic rings. The number of carbonyl (C=O) groups is 1. The molecule has 0 saturated carbocycles. The van der Waals surface area contributed by atoms with E-state index in [9.17, 15) is 18.0 Å². The number of para-hydroxylation sites is 1. The molecule has 1 amide bonds. The number of hydrogen-bond acceptors (Lipinski definition) is 2. The van der Waals surface area contributed by atoms with Crippen molar-refractivity contribution in [3.05, 3.63) is 114 Å². The molecule has 36 heavy (non-hydrogen) atoms. The number of hydrogen-bond donors (Lipinski definition) is 0. The minimum absolute atomic E-state index is 0.275. The number of aryl methyl sites for hydroxylation is 1. The van der Waals surface area contributed by atoms with Crippen LogP contribution in [0.15, 0.2) is 102 Å². The summed E-state index contributed by atoms with van der Waals surface area (Å²) < 4.78 is 43.5. The van der Waals surface area contributed by atoms with E-state index in [-0.39, 0.29) is 5.69 Å². The Morgan fingerprint density at radius 1 is 0.778 bits per heavy atom. The third kappa shape index (κ3) is 4.24. The second-order valence-corrected chi connectivity index (χ2v) is 8.53. The molecule has 4 nitrogen and oxygen atoms in total. The van der Waals surface area contributed by atoms with E-state index in [0.29, 0.717) is 5.56 Å². The van der Waals surface area contributed by atoms with Gasteiger partial charge in [0, 0.05) is 17.1 Å². The zero-order valence-electron chi connectivity index (χ0n) is 19.6. The van der Waals surface area contributed by atoms with Gasteiger partial charge in [-0.05, 0) is 66.9 Å². The van der Waals surface area contributed by atoms with Crippen LogP contribution in [-0.4, -0.2) is 22.4 Å². The Balaban J connectivity index is 1.53. The summed E-state index contributed by atoms with van der Waals surface area (Å²) in [6.07, 6.45) is -3.49. The Hall–Kier alpha value is -4.39. The number of carbonyl (C=O) groups excluding carboxylic acids is 1. The Morgan fingerprint density at radius 2 is 1.36 bits per heavy atom. The van der Waals surface area contributed by atoms with E-state index in [0.717, 1.165) is 33.2 Å². The van der Waals surface area contributed by atoms with Crippen LogP contribution >= 0.6 is 0 Å². The van der Waals surface area contributed by atoms with Gasteiger partial charge in [0.1, 0.15) is 0 Å². The standard InChI is InChI=1S/C29H22F3N3O/c1-19-17-23(20(2)34(19)24-15-13-22(14-16-24)21-9-5-3-6-10-21)18-26-27(29(30,31)32)33-35(28(26)36)25-11-7-4-8-12-25/h3-18H,1-2H3/b26-18-. The van der Waals surface area contributed by atoms with E-state index in [1.165, 1.54) is 6.08 Å². The van der Waals surface area contributed by atoms with Crippen LogP contribution in [0.1, 0.15) is 17.0 Å². The molecule has 0 bridgehead atoms. The lowest BCUT2D eigenvalue weighted by molar-refractivity contribution is -0.114. The molecular weight excluding hydrogens is 463 g/mol. The van der Waals surface area contributed by atoms with Crippen LogP contribution < -0.4 is 5.01 Å². The number of hydrazone groups is 1. The molecule has 0 fully saturated rings. The van der Waals surface area contributed by atoms with Gasteiger partial charge in [0.25, 0.3) is 5.91 Å². The lowest BCUT2D eigenvalue weighted by Crippen LogP contribution is -2.25. The van der Waals surface area contributed by atoms with Gasteiger partial charge in [-0.3, -0.25) is 4.79 Å². The predicted octanol–water partition coefficient (Wildman–Crippen LogP) is 7.11. The first kappa shape index (κ1) is 23.4. The monoisotopic (exact) mass is 485 g/mol. The average molecular weight is 486 g/mol. The summed E-state index contributed by atoms with van der Waals surface area (Å²) in [5, 5.41) is 4.45. The van der Waals surface area contributed by atoms with Crippen molar-refractivity contribution < 1.29 is 18.0 Å². The van der Waals surface area contributed by atoms with Crippen LogP contribution in [0.3, 0.4) is 0 Å². The van der Waals surface area contributed by atoms with E-state index >= 15 is 0 Å². The third-order valence-corrected chi connectivity index (χ3v) is 6.15. The number of benzene rings is 3. The summed E-state index contributed by atoms with van der Waals surface area (Å²) in [4.78, 5) is 13.0. The lowest BCUT2D eigenvalue weighted by Gasteiger charge is -2.11. The van der Waals surface area contributed by atoms with Crippen molar-refractivity contribution in [1.29, 1.82) is 0 Å². The zero-order valence-corrected chi connectivity index (χ0v) is 19.6. The summed E-state index contributed by atoms with van der Waals surface area (Å²) in [5.41, 5.74) is 3.71. The number of aromatic nitrogens is 1. The van der Waals surface area contributed by atoms with Gasteiger partial charge in [-0.1, -0.05) is 60.7 Å². The molecule has 3 aromatic carbocycles. The molecule has 0 saturated heterocycles. The van der Waals surface area contributed by atoms with E-state index in [1.54, 1.807) is 36.4 Å². The number of anilines is 1. The predicted molar refractivity (Wildman–Crippen MR) is 136 cm³/mol. The quantitative estimate of drug-likeness (QED) is 0.284. The summed E-state index contributed by atoms with van der Waals surface area (Å²) in [6, 6.07) is 27.8. The van der Waals surface area contributed by atoms with Gasteiger partial charge in [-0.25, -0.2) is 0 Å². The van der Waals surface area contributed by atoms with Crippen molar-refractivity contribution in [2.24, 2.45) is 5.10 Å². The molecule has 4 aromatic rings.